The van der Waals surface area contributed by atoms with Gasteiger partial charge in [-0.15, -0.1) is 0 Å². The van der Waals surface area contributed by atoms with Crippen LogP contribution in [0.15, 0.2) is 22.7 Å². The Balaban J connectivity index is 1.56. The van der Waals surface area contributed by atoms with E-state index in [0.717, 1.165) is 36.4 Å². The van der Waals surface area contributed by atoms with E-state index in [4.69, 9.17) is 19.7 Å². The monoisotopic (exact) mass is 316 g/mol. The van der Waals surface area contributed by atoms with Crippen LogP contribution < -0.4 is 15.2 Å². The van der Waals surface area contributed by atoms with E-state index in [-0.39, 0.29) is 18.7 Å². The lowest BCUT2D eigenvalue weighted by atomic mass is 10.1. The van der Waals surface area contributed by atoms with Crippen molar-refractivity contribution in [3.05, 3.63) is 35.5 Å². The summed E-state index contributed by atoms with van der Waals surface area (Å²) in [6.45, 7) is 1.84. The van der Waals surface area contributed by atoms with Gasteiger partial charge in [-0.25, -0.2) is 0 Å². The summed E-state index contributed by atoms with van der Waals surface area (Å²) in [4.78, 5) is 17.5. The summed E-state index contributed by atoms with van der Waals surface area (Å²) < 4.78 is 16.2. The first-order valence-electron chi connectivity index (χ1n) is 7.47. The third-order valence-corrected chi connectivity index (χ3v) is 4.16. The van der Waals surface area contributed by atoms with Crippen LogP contribution in [0.3, 0.4) is 0 Å². The average molecular weight is 316 g/mol. The number of nitrogens with zero attached hydrogens (tertiary/aromatic N) is 3. The molecule has 0 aliphatic carbocycles. The summed E-state index contributed by atoms with van der Waals surface area (Å²) in [5.74, 6) is 1.23. The van der Waals surface area contributed by atoms with Crippen LogP contribution in [0.2, 0.25) is 0 Å². The highest BCUT2D eigenvalue weighted by Gasteiger charge is 2.32. The van der Waals surface area contributed by atoms with E-state index in [1.165, 1.54) is 0 Å². The number of para-hydroxylation sites is 1. The van der Waals surface area contributed by atoms with Gasteiger partial charge in [-0.2, -0.15) is 4.98 Å². The van der Waals surface area contributed by atoms with Crippen LogP contribution in [-0.4, -0.2) is 34.3 Å². The number of rotatable bonds is 4. The van der Waals surface area contributed by atoms with Gasteiger partial charge >= 0.3 is 0 Å². The molecule has 0 saturated carbocycles. The Morgan fingerprint density at radius 2 is 2.30 bits per heavy atom. The third kappa shape index (κ3) is 2.50. The predicted molar refractivity (Wildman–Crippen MR) is 77.8 cm³/mol. The van der Waals surface area contributed by atoms with Crippen LogP contribution >= 0.6 is 0 Å². The summed E-state index contributed by atoms with van der Waals surface area (Å²) in [6, 6.07) is 5.84. The Kier molecular flexibility index (Phi) is 3.38. The molecule has 2 N–H and O–H groups in total. The topological polar surface area (TPSA) is 104 Å². The van der Waals surface area contributed by atoms with Crippen LogP contribution in [0.5, 0.6) is 11.5 Å². The molecule has 4 rings (SSSR count). The van der Waals surface area contributed by atoms with E-state index in [1.807, 2.05) is 18.2 Å². The van der Waals surface area contributed by atoms with Crippen molar-refractivity contribution in [1.82, 2.24) is 15.0 Å². The molecule has 1 aromatic heterocycles. The van der Waals surface area contributed by atoms with E-state index < -0.39 is 5.91 Å². The van der Waals surface area contributed by atoms with Crippen molar-refractivity contribution < 1.29 is 18.8 Å². The van der Waals surface area contributed by atoms with E-state index in [2.05, 4.69) is 15.0 Å². The molecule has 2 aliphatic heterocycles. The second-order valence-electron chi connectivity index (χ2n) is 5.60. The number of nitrogens with two attached hydrogens (primary N) is 1. The first-order valence-corrected chi connectivity index (χ1v) is 7.47. The summed E-state index contributed by atoms with van der Waals surface area (Å²) in [7, 11) is 0. The number of carbonyl (C=O) groups is 1. The number of aromatic nitrogens is 2. The number of hydrogen-bond acceptors (Lipinski definition) is 7. The van der Waals surface area contributed by atoms with Gasteiger partial charge in [0.25, 0.3) is 11.7 Å². The second-order valence-corrected chi connectivity index (χ2v) is 5.60. The number of carbonyl (C=O) groups excluding carboxylic acids is 1. The molecule has 2 aromatic rings. The standard InChI is InChI=1S/C15H16N4O4/c16-13(20)14-17-15(23-18-14)10-4-2-6-19(10)7-9-3-1-5-11-12(9)22-8-21-11/h1,3,5,10H,2,4,6-8H2,(H2,16,20)/t10-/m0/s1. The van der Waals surface area contributed by atoms with Crippen molar-refractivity contribution in [2.45, 2.75) is 25.4 Å². The van der Waals surface area contributed by atoms with Crippen molar-refractivity contribution in [2.75, 3.05) is 13.3 Å². The zero-order chi connectivity index (χ0) is 15.8. The molecule has 23 heavy (non-hydrogen) atoms. The fraction of sp³-hybridized carbons (Fsp3) is 0.400. The van der Waals surface area contributed by atoms with E-state index in [1.54, 1.807) is 0 Å². The van der Waals surface area contributed by atoms with Gasteiger partial charge in [0.15, 0.2) is 11.5 Å². The molecule has 1 atom stereocenters. The molecule has 8 heteroatoms. The van der Waals surface area contributed by atoms with E-state index in [0.29, 0.717) is 12.4 Å². The first-order chi connectivity index (χ1) is 11.2. The molecule has 1 aromatic carbocycles. The van der Waals surface area contributed by atoms with Gasteiger partial charge in [-0.3, -0.25) is 9.69 Å². The Hall–Kier alpha value is -2.61. The number of hydrogen-bond donors (Lipinski definition) is 1. The Morgan fingerprint density at radius 3 is 3.13 bits per heavy atom. The fourth-order valence-electron chi connectivity index (χ4n) is 3.10. The van der Waals surface area contributed by atoms with Crippen molar-refractivity contribution >= 4 is 5.91 Å². The van der Waals surface area contributed by atoms with E-state index >= 15 is 0 Å². The molecule has 0 bridgehead atoms. The minimum Gasteiger partial charge on any atom is -0.454 e. The average Bonchev–Trinajstić information content (AvgIpc) is 3.27. The molecule has 1 saturated heterocycles. The molecule has 120 valence electrons. The highest BCUT2D eigenvalue weighted by atomic mass is 16.7. The number of amides is 1. The quantitative estimate of drug-likeness (QED) is 0.904. The highest BCUT2D eigenvalue weighted by Crippen LogP contribution is 2.39. The van der Waals surface area contributed by atoms with Gasteiger partial charge in [0.2, 0.25) is 12.7 Å². The number of fused-ring (bicyclic) bond motifs is 1. The molecule has 3 heterocycles. The van der Waals surface area contributed by atoms with Crippen molar-refractivity contribution in [1.29, 1.82) is 0 Å². The van der Waals surface area contributed by atoms with Crippen molar-refractivity contribution in [2.24, 2.45) is 5.73 Å². The molecule has 1 fully saturated rings. The molecule has 8 nitrogen and oxygen atoms in total. The van der Waals surface area contributed by atoms with Gasteiger partial charge in [0.1, 0.15) is 0 Å². The largest absolute Gasteiger partial charge is 0.454 e. The Morgan fingerprint density at radius 1 is 1.39 bits per heavy atom. The Bertz CT molecular complexity index is 745. The summed E-state index contributed by atoms with van der Waals surface area (Å²) in [5.41, 5.74) is 6.23. The van der Waals surface area contributed by atoms with Gasteiger partial charge < -0.3 is 19.7 Å². The molecule has 1 amide bonds. The maximum absolute atomic E-state index is 11.1. The van der Waals surface area contributed by atoms with Gasteiger partial charge in [0, 0.05) is 12.1 Å². The van der Waals surface area contributed by atoms with Crippen molar-refractivity contribution in [3.8, 4) is 11.5 Å². The molecule has 0 radical (unpaired) electrons. The molecule has 0 spiro atoms. The number of ether oxygens (including phenoxy) is 2. The van der Waals surface area contributed by atoms with Gasteiger partial charge in [0.05, 0.1) is 6.04 Å². The zero-order valence-corrected chi connectivity index (χ0v) is 12.4. The summed E-state index contributed by atoms with van der Waals surface area (Å²) >= 11 is 0. The molecule has 0 unspecified atom stereocenters. The van der Waals surface area contributed by atoms with Gasteiger partial charge in [-0.1, -0.05) is 17.3 Å². The normalized spacial score (nSPS) is 20.1. The molecular weight excluding hydrogens is 300 g/mol. The van der Waals surface area contributed by atoms with Crippen LogP contribution in [0, 0.1) is 0 Å². The van der Waals surface area contributed by atoms with E-state index in [9.17, 15) is 4.79 Å². The van der Waals surface area contributed by atoms with Gasteiger partial charge in [-0.05, 0) is 25.5 Å². The predicted octanol–water partition coefficient (Wildman–Crippen LogP) is 1.23. The maximum Gasteiger partial charge on any atom is 0.290 e. The zero-order valence-electron chi connectivity index (χ0n) is 12.4. The van der Waals surface area contributed by atoms with Crippen LogP contribution in [0.1, 0.15) is 41.0 Å². The van der Waals surface area contributed by atoms with Crippen molar-refractivity contribution in [3.63, 3.8) is 0 Å². The van der Waals surface area contributed by atoms with Crippen LogP contribution in [-0.2, 0) is 6.54 Å². The number of primary amides is 1. The third-order valence-electron chi connectivity index (χ3n) is 4.16. The van der Waals surface area contributed by atoms with Crippen LogP contribution in [0.25, 0.3) is 0 Å². The minimum atomic E-state index is -0.684. The lowest BCUT2D eigenvalue weighted by Gasteiger charge is -2.22. The lowest BCUT2D eigenvalue weighted by molar-refractivity contribution is 0.0987. The lowest BCUT2D eigenvalue weighted by Crippen LogP contribution is -2.23. The van der Waals surface area contributed by atoms with Crippen LogP contribution in [0.4, 0.5) is 0 Å². The Labute approximate surface area is 132 Å². The summed E-state index contributed by atoms with van der Waals surface area (Å²) in [6.07, 6.45) is 1.91. The molecular formula is C15H16N4O4. The summed E-state index contributed by atoms with van der Waals surface area (Å²) in [5, 5.41) is 3.63. The minimum absolute atomic E-state index is 0.0197. The number of likely N-dealkylation sites (tertiary alicyclic amines) is 1. The maximum atomic E-state index is 11.1. The second kappa shape index (κ2) is 5.54. The highest BCUT2D eigenvalue weighted by molar-refractivity contribution is 5.88. The number of benzene rings is 1. The smallest absolute Gasteiger partial charge is 0.290 e. The molecule has 2 aliphatic rings. The fourth-order valence-corrected chi connectivity index (χ4v) is 3.10. The SMILES string of the molecule is NC(=O)c1noc([C@@H]2CCCN2Cc2cccc3c2OCO3)n1. The first kappa shape index (κ1) is 14.0.